The molecule has 5 nitrogen and oxygen atoms in total. The number of carboxylic acids is 1. The molecule has 1 aliphatic rings. The van der Waals surface area contributed by atoms with Crippen LogP contribution in [0.1, 0.15) is 26.7 Å². The first-order valence-electron chi connectivity index (χ1n) is 6.23. The second-order valence-corrected chi connectivity index (χ2v) is 4.98. The van der Waals surface area contributed by atoms with Crippen molar-refractivity contribution < 1.29 is 14.7 Å². The SMILES string of the molecule is CC(C)C(CNC(=O)C1CCCNC1)C(=O)O. The Labute approximate surface area is 102 Å². The number of hydrogen-bond acceptors (Lipinski definition) is 3. The van der Waals surface area contributed by atoms with E-state index in [1.807, 2.05) is 13.8 Å². The van der Waals surface area contributed by atoms with Gasteiger partial charge in [-0.3, -0.25) is 9.59 Å². The first-order valence-corrected chi connectivity index (χ1v) is 6.23. The van der Waals surface area contributed by atoms with Gasteiger partial charge in [0.05, 0.1) is 11.8 Å². The van der Waals surface area contributed by atoms with Crippen molar-refractivity contribution >= 4 is 11.9 Å². The van der Waals surface area contributed by atoms with Crippen LogP contribution in [0.2, 0.25) is 0 Å². The van der Waals surface area contributed by atoms with E-state index >= 15 is 0 Å². The summed E-state index contributed by atoms with van der Waals surface area (Å²) in [6, 6.07) is 0. The Morgan fingerprint density at radius 2 is 2.18 bits per heavy atom. The number of carbonyl (C=O) groups is 2. The summed E-state index contributed by atoms with van der Waals surface area (Å²) in [5.74, 6) is -1.36. The van der Waals surface area contributed by atoms with Crippen molar-refractivity contribution in [2.45, 2.75) is 26.7 Å². The van der Waals surface area contributed by atoms with E-state index in [2.05, 4.69) is 10.6 Å². The molecule has 0 spiro atoms. The minimum absolute atomic E-state index is 0.00893. The molecular weight excluding hydrogens is 220 g/mol. The number of amides is 1. The van der Waals surface area contributed by atoms with Gasteiger partial charge in [0.15, 0.2) is 0 Å². The topological polar surface area (TPSA) is 78.4 Å². The van der Waals surface area contributed by atoms with E-state index in [0.29, 0.717) is 6.54 Å². The van der Waals surface area contributed by atoms with Gasteiger partial charge in [0.25, 0.3) is 0 Å². The fraction of sp³-hybridized carbons (Fsp3) is 0.833. The summed E-state index contributed by atoms with van der Waals surface area (Å²) in [6.07, 6.45) is 1.89. The van der Waals surface area contributed by atoms with Crippen molar-refractivity contribution in [3.63, 3.8) is 0 Å². The zero-order valence-electron chi connectivity index (χ0n) is 10.5. The monoisotopic (exact) mass is 242 g/mol. The molecule has 0 aromatic heterocycles. The van der Waals surface area contributed by atoms with Crippen LogP contribution < -0.4 is 10.6 Å². The van der Waals surface area contributed by atoms with E-state index in [-0.39, 0.29) is 24.3 Å². The average molecular weight is 242 g/mol. The molecule has 0 aliphatic carbocycles. The first-order chi connectivity index (χ1) is 8.02. The van der Waals surface area contributed by atoms with Crippen LogP contribution in [-0.4, -0.2) is 36.6 Å². The Morgan fingerprint density at radius 3 is 2.65 bits per heavy atom. The second kappa shape index (κ2) is 6.59. The third-order valence-electron chi connectivity index (χ3n) is 3.29. The number of carboxylic acid groups (broad SMARTS) is 1. The molecule has 1 fully saturated rings. The fourth-order valence-electron chi connectivity index (χ4n) is 2.04. The van der Waals surface area contributed by atoms with Gasteiger partial charge in [0, 0.05) is 13.1 Å². The lowest BCUT2D eigenvalue weighted by Crippen LogP contribution is -2.43. The largest absolute Gasteiger partial charge is 0.481 e. The van der Waals surface area contributed by atoms with E-state index < -0.39 is 11.9 Å². The molecule has 0 aromatic carbocycles. The highest BCUT2D eigenvalue weighted by molar-refractivity contribution is 5.80. The van der Waals surface area contributed by atoms with Gasteiger partial charge in [0.2, 0.25) is 5.91 Å². The summed E-state index contributed by atoms with van der Waals surface area (Å²) in [5, 5.41) is 14.9. The smallest absolute Gasteiger partial charge is 0.308 e. The minimum Gasteiger partial charge on any atom is -0.481 e. The van der Waals surface area contributed by atoms with Crippen molar-refractivity contribution in [3.05, 3.63) is 0 Å². The lowest BCUT2D eigenvalue weighted by molar-refractivity contribution is -0.143. The summed E-state index contributed by atoms with van der Waals surface area (Å²) in [7, 11) is 0. The lowest BCUT2D eigenvalue weighted by Gasteiger charge is -2.23. The van der Waals surface area contributed by atoms with Crippen molar-refractivity contribution in [1.82, 2.24) is 10.6 Å². The highest BCUT2D eigenvalue weighted by Crippen LogP contribution is 2.12. The van der Waals surface area contributed by atoms with Crippen LogP contribution in [0.3, 0.4) is 0 Å². The maximum atomic E-state index is 11.8. The van der Waals surface area contributed by atoms with Gasteiger partial charge in [-0.2, -0.15) is 0 Å². The molecule has 0 radical (unpaired) electrons. The molecule has 1 amide bonds. The van der Waals surface area contributed by atoms with Crippen LogP contribution in [0, 0.1) is 17.8 Å². The number of hydrogen-bond donors (Lipinski definition) is 3. The quantitative estimate of drug-likeness (QED) is 0.654. The normalized spacial score (nSPS) is 22.2. The molecule has 0 saturated carbocycles. The van der Waals surface area contributed by atoms with Crippen LogP contribution in [-0.2, 0) is 9.59 Å². The summed E-state index contributed by atoms with van der Waals surface area (Å²) >= 11 is 0. The Bertz CT molecular complexity index is 273. The molecule has 0 aromatic rings. The van der Waals surface area contributed by atoms with Crippen LogP contribution in [0.5, 0.6) is 0 Å². The van der Waals surface area contributed by atoms with Gasteiger partial charge in [-0.1, -0.05) is 13.8 Å². The molecular formula is C12H22N2O3. The Hall–Kier alpha value is -1.10. The molecule has 1 aliphatic heterocycles. The van der Waals surface area contributed by atoms with E-state index in [9.17, 15) is 9.59 Å². The van der Waals surface area contributed by atoms with E-state index in [1.165, 1.54) is 0 Å². The summed E-state index contributed by atoms with van der Waals surface area (Å²) in [6.45, 7) is 5.60. The number of rotatable bonds is 5. The predicted molar refractivity (Wildman–Crippen MR) is 64.6 cm³/mol. The molecule has 2 unspecified atom stereocenters. The summed E-state index contributed by atoms with van der Waals surface area (Å²) < 4.78 is 0. The molecule has 17 heavy (non-hydrogen) atoms. The zero-order valence-corrected chi connectivity index (χ0v) is 10.5. The predicted octanol–water partition coefficient (Wildman–Crippen LogP) is 0.459. The molecule has 2 atom stereocenters. The first kappa shape index (κ1) is 14.0. The Kier molecular flexibility index (Phi) is 5.41. The Morgan fingerprint density at radius 1 is 1.47 bits per heavy atom. The molecule has 5 heteroatoms. The van der Waals surface area contributed by atoms with Crippen LogP contribution in [0.25, 0.3) is 0 Å². The maximum Gasteiger partial charge on any atom is 0.308 e. The van der Waals surface area contributed by atoms with Gasteiger partial charge in [0.1, 0.15) is 0 Å². The molecule has 1 saturated heterocycles. The third kappa shape index (κ3) is 4.34. The van der Waals surface area contributed by atoms with Gasteiger partial charge in [-0.25, -0.2) is 0 Å². The van der Waals surface area contributed by atoms with Crippen LogP contribution in [0.15, 0.2) is 0 Å². The average Bonchev–Trinajstić information content (AvgIpc) is 2.29. The summed E-state index contributed by atoms with van der Waals surface area (Å²) in [4.78, 5) is 22.8. The molecule has 1 heterocycles. The van der Waals surface area contributed by atoms with Crippen LogP contribution in [0.4, 0.5) is 0 Å². The Balaban J connectivity index is 2.37. The van der Waals surface area contributed by atoms with Crippen molar-refractivity contribution in [1.29, 1.82) is 0 Å². The van der Waals surface area contributed by atoms with Crippen molar-refractivity contribution in [2.75, 3.05) is 19.6 Å². The molecule has 1 rings (SSSR count). The number of carbonyl (C=O) groups excluding carboxylic acids is 1. The summed E-state index contributed by atoms with van der Waals surface area (Å²) in [5.41, 5.74) is 0. The fourth-order valence-corrected chi connectivity index (χ4v) is 2.04. The van der Waals surface area contributed by atoms with E-state index in [1.54, 1.807) is 0 Å². The highest BCUT2D eigenvalue weighted by atomic mass is 16.4. The highest BCUT2D eigenvalue weighted by Gasteiger charge is 2.25. The number of nitrogens with one attached hydrogen (secondary N) is 2. The standard InChI is InChI=1S/C12H22N2O3/c1-8(2)10(12(16)17)7-14-11(15)9-4-3-5-13-6-9/h8-10,13H,3-7H2,1-2H3,(H,14,15)(H,16,17). The van der Waals surface area contributed by atoms with Gasteiger partial charge in [-0.05, 0) is 25.3 Å². The van der Waals surface area contributed by atoms with Crippen molar-refractivity contribution in [2.24, 2.45) is 17.8 Å². The minimum atomic E-state index is -0.845. The molecule has 3 N–H and O–H groups in total. The van der Waals surface area contributed by atoms with E-state index in [0.717, 1.165) is 19.4 Å². The third-order valence-corrected chi connectivity index (χ3v) is 3.29. The van der Waals surface area contributed by atoms with Crippen molar-refractivity contribution in [3.8, 4) is 0 Å². The maximum absolute atomic E-state index is 11.8. The van der Waals surface area contributed by atoms with Gasteiger partial charge < -0.3 is 15.7 Å². The van der Waals surface area contributed by atoms with E-state index in [4.69, 9.17) is 5.11 Å². The lowest BCUT2D eigenvalue weighted by atomic mass is 9.95. The molecule has 98 valence electrons. The zero-order chi connectivity index (χ0) is 12.8. The van der Waals surface area contributed by atoms with Gasteiger partial charge in [-0.15, -0.1) is 0 Å². The second-order valence-electron chi connectivity index (χ2n) is 4.98. The number of piperidine rings is 1. The number of aliphatic carboxylic acids is 1. The van der Waals surface area contributed by atoms with Crippen LogP contribution >= 0.6 is 0 Å². The molecule has 0 bridgehead atoms. The van der Waals surface area contributed by atoms with Gasteiger partial charge >= 0.3 is 5.97 Å².